The zero-order valence-corrected chi connectivity index (χ0v) is 13.6. The monoisotopic (exact) mass is 297 g/mol. The number of piperazine rings is 1. The lowest BCUT2D eigenvalue weighted by molar-refractivity contribution is 0.0645. The molecule has 2 aromatic rings. The average Bonchev–Trinajstić information content (AvgIpc) is 2.54. The Balaban J connectivity index is 1.96. The summed E-state index contributed by atoms with van der Waals surface area (Å²) in [7, 11) is 0. The molecule has 3 rings (SSSR count). The molecule has 2 heterocycles. The van der Waals surface area contributed by atoms with Crippen LogP contribution in [-0.2, 0) is 0 Å². The molecule has 4 heteroatoms. The number of aromatic nitrogens is 1. The highest BCUT2D eigenvalue weighted by Gasteiger charge is 2.23. The largest absolute Gasteiger partial charge is 0.336 e. The maximum absolute atomic E-state index is 13.0. The first-order chi connectivity index (χ1) is 10.6. The van der Waals surface area contributed by atoms with Gasteiger partial charge in [-0.2, -0.15) is 0 Å². The molecular weight excluding hydrogens is 274 g/mol. The van der Waals surface area contributed by atoms with Crippen molar-refractivity contribution in [2.45, 2.75) is 20.8 Å². The smallest absolute Gasteiger partial charge is 0.254 e. The highest BCUT2D eigenvalue weighted by atomic mass is 16.2. The fraction of sp³-hybridized carbons (Fsp3) is 0.444. The predicted octanol–water partition coefficient (Wildman–Crippen LogP) is 2.63. The highest BCUT2D eigenvalue weighted by Crippen LogP contribution is 2.23. The van der Waals surface area contributed by atoms with E-state index >= 15 is 0 Å². The van der Waals surface area contributed by atoms with Gasteiger partial charge in [-0.05, 0) is 32.0 Å². The molecular formula is C18H23N3O. The molecule has 0 spiro atoms. The second-order valence-electron chi connectivity index (χ2n) is 6.01. The number of likely N-dealkylation sites (N-methyl/N-ethyl adjacent to an activating group) is 1. The molecule has 1 aromatic carbocycles. The van der Waals surface area contributed by atoms with E-state index in [1.165, 1.54) is 0 Å². The number of benzene rings is 1. The van der Waals surface area contributed by atoms with Gasteiger partial charge in [0.1, 0.15) is 0 Å². The Hall–Kier alpha value is -1.94. The van der Waals surface area contributed by atoms with Crippen LogP contribution in [0, 0.1) is 13.8 Å². The molecule has 0 unspecified atom stereocenters. The number of para-hydroxylation sites is 1. The van der Waals surface area contributed by atoms with Crippen LogP contribution >= 0.6 is 0 Å². The lowest BCUT2D eigenvalue weighted by Crippen LogP contribution is -2.48. The number of carbonyl (C=O) groups excluding carboxylic acids is 1. The Morgan fingerprint density at radius 2 is 1.91 bits per heavy atom. The normalized spacial score (nSPS) is 16.2. The van der Waals surface area contributed by atoms with Crippen LogP contribution in [0.4, 0.5) is 0 Å². The van der Waals surface area contributed by atoms with Crippen molar-refractivity contribution < 1.29 is 4.79 Å². The van der Waals surface area contributed by atoms with Crippen LogP contribution in [0.1, 0.15) is 28.5 Å². The second kappa shape index (κ2) is 6.05. The Labute approximate surface area is 131 Å². The molecule has 116 valence electrons. The number of pyridine rings is 1. The summed E-state index contributed by atoms with van der Waals surface area (Å²) in [4.78, 5) is 21.9. The van der Waals surface area contributed by atoms with E-state index in [-0.39, 0.29) is 5.91 Å². The number of hydrogen-bond acceptors (Lipinski definition) is 3. The molecule has 1 amide bonds. The number of nitrogens with zero attached hydrogens (tertiary/aromatic N) is 3. The van der Waals surface area contributed by atoms with Crippen molar-refractivity contribution in [3.05, 3.63) is 41.1 Å². The summed E-state index contributed by atoms with van der Waals surface area (Å²) in [5.41, 5.74) is 3.75. The van der Waals surface area contributed by atoms with Gasteiger partial charge in [-0.15, -0.1) is 0 Å². The molecule has 0 aliphatic carbocycles. The van der Waals surface area contributed by atoms with E-state index in [0.717, 1.165) is 60.4 Å². The molecule has 0 bridgehead atoms. The van der Waals surface area contributed by atoms with E-state index in [1.807, 2.05) is 43.0 Å². The average molecular weight is 297 g/mol. The third-order valence-corrected chi connectivity index (χ3v) is 4.51. The third kappa shape index (κ3) is 2.71. The molecule has 0 radical (unpaired) electrons. The maximum Gasteiger partial charge on any atom is 0.254 e. The van der Waals surface area contributed by atoms with Crippen molar-refractivity contribution >= 4 is 16.8 Å². The summed E-state index contributed by atoms with van der Waals surface area (Å²) in [6, 6.07) is 7.98. The van der Waals surface area contributed by atoms with Gasteiger partial charge in [0.05, 0.1) is 11.1 Å². The molecule has 22 heavy (non-hydrogen) atoms. The molecule has 0 N–H and O–H groups in total. The number of rotatable bonds is 2. The van der Waals surface area contributed by atoms with Crippen molar-refractivity contribution in [2.24, 2.45) is 0 Å². The minimum atomic E-state index is 0.136. The summed E-state index contributed by atoms with van der Waals surface area (Å²) in [5, 5.41) is 0.966. The molecule has 1 fully saturated rings. The number of carbonyl (C=O) groups is 1. The summed E-state index contributed by atoms with van der Waals surface area (Å²) in [5.74, 6) is 0.136. The van der Waals surface area contributed by atoms with Gasteiger partial charge in [0.2, 0.25) is 0 Å². The first-order valence-electron chi connectivity index (χ1n) is 7.98. The fourth-order valence-corrected chi connectivity index (χ4v) is 3.13. The minimum absolute atomic E-state index is 0.136. The summed E-state index contributed by atoms with van der Waals surface area (Å²) < 4.78 is 0. The Morgan fingerprint density at radius 3 is 2.59 bits per heavy atom. The zero-order valence-electron chi connectivity index (χ0n) is 13.6. The van der Waals surface area contributed by atoms with Crippen LogP contribution in [0.5, 0.6) is 0 Å². The minimum Gasteiger partial charge on any atom is -0.336 e. The molecule has 4 nitrogen and oxygen atoms in total. The highest BCUT2D eigenvalue weighted by molar-refractivity contribution is 6.06. The SMILES string of the molecule is CCN1CCN(C(=O)c2cc(C)nc3c(C)cccc23)CC1. The van der Waals surface area contributed by atoms with Gasteiger partial charge >= 0.3 is 0 Å². The number of aryl methyl sites for hydroxylation is 2. The van der Waals surface area contributed by atoms with Gasteiger partial charge < -0.3 is 9.80 Å². The van der Waals surface area contributed by atoms with Gasteiger partial charge in [0.15, 0.2) is 0 Å². The molecule has 1 aliphatic heterocycles. The first kappa shape index (κ1) is 15.0. The van der Waals surface area contributed by atoms with Crippen molar-refractivity contribution in [2.75, 3.05) is 32.7 Å². The van der Waals surface area contributed by atoms with Gasteiger partial charge in [0, 0.05) is 37.3 Å². The quantitative estimate of drug-likeness (QED) is 0.855. The molecule has 1 aliphatic rings. The van der Waals surface area contributed by atoms with Crippen LogP contribution in [0.25, 0.3) is 10.9 Å². The van der Waals surface area contributed by atoms with Crippen molar-refractivity contribution in [1.29, 1.82) is 0 Å². The Morgan fingerprint density at radius 1 is 1.18 bits per heavy atom. The first-order valence-corrected chi connectivity index (χ1v) is 7.98. The van der Waals surface area contributed by atoms with Crippen LogP contribution in [0.15, 0.2) is 24.3 Å². The van der Waals surface area contributed by atoms with Crippen molar-refractivity contribution in [3.63, 3.8) is 0 Å². The topological polar surface area (TPSA) is 36.4 Å². The molecule has 1 saturated heterocycles. The van der Waals surface area contributed by atoms with E-state index in [1.54, 1.807) is 0 Å². The zero-order chi connectivity index (χ0) is 15.7. The van der Waals surface area contributed by atoms with Gasteiger partial charge in [-0.25, -0.2) is 0 Å². The van der Waals surface area contributed by atoms with Crippen LogP contribution in [0.2, 0.25) is 0 Å². The summed E-state index contributed by atoms with van der Waals surface area (Å²) in [6.07, 6.45) is 0. The van der Waals surface area contributed by atoms with Crippen LogP contribution < -0.4 is 0 Å². The van der Waals surface area contributed by atoms with Gasteiger partial charge in [0.25, 0.3) is 5.91 Å². The fourth-order valence-electron chi connectivity index (χ4n) is 3.13. The molecule has 0 atom stereocenters. The van der Waals surface area contributed by atoms with E-state index in [0.29, 0.717) is 0 Å². The maximum atomic E-state index is 13.0. The van der Waals surface area contributed by atoms with Gasteiger partial charge in [-0.3, -0.25) is 9.78 Å². The van der Waals surface area contributed by atoms with E-state index in [4.69, 9.17) is 0 Å². The molecule has 1 aromatic heterocycles. The predicted molar refractivity (Wildman–Crippen MR) is 89.2 cm³/mol. The lowest BCUT2D eigenvalue weighted by Gasteiger charge is -2.34. The van der Waals surface area contributed by atoms with Crippen molar-refractivity contribution in [3.8, 4) is 0 Å². The lowest BCUT2D eigenvalue weighted by atomic mass is 10.0. The summed E-state index contributed by atoms with van der Waals surface area (Å²) >= 11 is 0. The van der Waals surface area contributed by atoms with Gasteiger partial charge in [-0.1, -0.05) is 25.1 Å². The standard InChI is InChI=1S/C18H23N3O/c1-4-20-8-10-21(11-9-20)18(22)16-12-14(3)19-17-13(2)6-5-7-15(16)17/h5-7,12H,4,8-11H2,1-3H3. The number of hydrogen-bond donors (Lipinski definition) is 0. The number of amides is 1. The Bertz CT molecular complexity index is 703. The van der Waals surface area contributed by atoms with Crippen LogP contribution in [-0.4, -0.2) is 53.4 Å². The van der Waals surface area contributed by atoms with Crippen LogP contribution in [0.3, 0.4) is 0 Å². The number of fused-ring (bicyclic) bond motifs is 1. The van der Waals surface area contributed by atoms with Crippen molar-refractivity contribution in [1.82, 2.24) is 14.8 Å². The Kier molecular flexibility index (Phi) is 4.12. The van der Waals surface area contributed by atoms with E-state index < -0.39 is 0 Å². The molecule has 0 saturated carbocycles. The second-order valence-corrected chi connectivity index (χ2v) is 6.01. The van der Waals surface area contributed by atoms with E-state index in [9.17, 15) is 4.79 Å². The van der Waals surface area contributed by atoms with E-state index in [2.05, 4.69) is 16.8 Å². The summed E-state index contributed by atoms with van der Waals surface area (Å²) in [6.45, 7) is 10.8. The third-order valence-electron chi connectivity index (χ3n) is 4.51.